The molecule has 1 aromatic carbocycles. The first-order valence-electron chi connectivity index (χ1n) is 12.5. The number of ketones is 1. The Morgan fingerprint density at radius 1 is 1.14 bits per heavy atom. The van der Waals surface area contributed by atoms with E-state index in [9.17, 15) is 4.79 Å². The lowest BCUT2D eigenvalue weighted by Crippen LogP contribution is -2.25. The Balaban J connectivity index is 0.00000289. The predicted molar refractivity (Wildman–Crippen MR) is 137 cm³/mol. The highest BCUT2D eigenvalue weighted by molar-refractivity contribution is 5.85. The lowest BCUT2D eigenvalue weighted by molar-refractivity contribution is -0.122. The van der Waals surface area contributed by atoms with Gasteiger partial charge in [-0.1, -0.05) is 50.2 Å². The summed E-state index contributed by atoms with van der Waals surface area (Å²) in [6.07, 6.45) is 3.53. The fourth-order valence-electron chi connectivity index (χ4n) is 5.29. The van der Waals surface area contributed by atoms with Crippen LogP contribution in [0.4, 0.5) is 0 Å². The molecule has 1 aliphatic carbocycles. The van der Waals surface area contributed by atoms with Crippen LogP contribution in [0.1, 0.15) is 74.4 Å². The van der Waals surface area contributed by atoms with Crippen LogP contribution in [0.25, 0.3) is 11.5 Å². The minimum Gasteiger partial charge on any atom is -0.361 e. The first kappa shape index (κ1) is 25.3. The average Bonchev–Trinajstić information content (AvgIpc) is 3.16. The molecule has 2 atom stereocenters. The van der Waals surface area contributed by atoms with Crippen LogP contribution in [0.3, 0.4) is 0 Å². The molecule has 1 aliphatic heterocycles. The lowest BCUT2D eigenvalue weighted by atomic mass is 9.87. The SMILES string of the molecule is C.Cc1ccc(CC(=O)[C@H]2CN(C)C[C@@H]2c2nnc(-c3cc(CC(C)C)on3)n2C2CC2)c(C)c1. The van der Waals surface area contributed by atoms with Crippen molar-refractivity contribution in [3.05, 3.63) is 52.5 Å². The van der Waals surface area contributed by atoms with Crippen LogP contribution in [-0.4, -0.2) is 50.7 Å². The van der Waals surface area contributed by atoms with Gasteiger partial charge in [0, 0.05) is 49.9 Å². The van der Waals surface area contributed by atoms with Crippen molar-refractivity contribution in [3.8, 4) is 11.5 Å². The average molecular weight is 478 g/mol. The van der Waals surface area contributed by atoms with E-state index in [-0.39, 0.29) is 25.0 Å². The van der Waals surface area contributed by atoms with Crippen LogP contribution in [0, 0.1) is 25.7 Å². The second kappa shape index (κ2) is 10.1. The minimum atomic E-state index is -0.0888. The molecule has 1 saturated heterocycles. The molecule has 0 spiro atoms. The van der Waals surface area contributed by atoms with E-state index < -0.39 is 0 Å². The summed E-state index contributed by atoms with van der Waals surface area (Å²) in [5, 5.41) is 13.5. The summed E-state index contributed by atoms with van der Waals surface area (Å²) in [5.41, 5.74) is 4.27. The van der Waals surface area contributed by atoms with E-state index in [0.717, 1.165) is 61.0 Å². The summed E-state index contributed by atoms with van der Waals surface area (Å²) in [6.45, 7) is 10.1. The molecule has 3 aromatic rings. The van der Waals surface area contributed by atoms with Gasteiger partial charge in [-0.05, 0) is 50.8 Å². The van der Waals surface area contributed by atoms with Gasteiger partial charge in [0.1, 0.15) is 17.4 Å². The molecule has 35 heavy (non-hydrogen) atoms. The highest BCUT2D eigenvalue weighted by Crippen LogP contribution is 2.43. The van der Waals surface area contributed by atoms with Gasteiger partial charge < -0.3 is 14.0 Å². The molecule has 7 nitrogen and oxygen atoms in total. The maximum Gasteiger partial charge on any atom is 0.186 e. The van der Waals surface area contributed by atoms with E-state index in [2.05, 4.69) is 77.8 Å². The summed E-state index contributed by atoms with van der Waals surface area (Å²) < 4.78 is 7.84. The normalized spacial score (nSPS) is 20.4. The molecule has 0 N–H and O–H groups in total. The summed E-state index contributed by atoms with van der Waals surface area (Å²) in [4.78, 5) is 15.8. The van der Waals surface area contributed by atoms with Crippen LogP contribution in [0.15, 0.2) is 28.8 Å². The fourth-order valence-corrected chi connectivity index (χ4v) is 5.29. The molecule has 7 heteroatoms. The number of carbonyl (C=O) groups excluding carboxylic acids is 1. The van der Waals surface area contributed by atoms with Crippen LogP contribution < -0.4 is 0 Å². The van der Waals surface area contributed by atoms with Crippen molar-refractivity contribution in [2.75, 3.05) is 20.1 Å². The van der Waals surface area contributed by atoms with Crippen molar-refractivity contribution in [1.82, 2.24) is 24.8 Å². The lowest BCUT2D eigenvalue weighted by Gasteiger charge is -2.19. The fraction of sp³-hybridized carbons (Fsp3) is 0.571. The minimum absolute atomic E-state index is 0. The molecule has 3 heterocycles. The van der Waals surface area contributed by atoms with Crippen molar-refractivity contribution >= 4 is 5.78 Å². The number of hydrogen-bond donors (Lipinski definition) is 0. The molecule has 0 bridgehead atoms. The number of nitrogens with zero attached hydrogens (tertiary/aromatic N) is 5. The van der Waals surface area contributed by atoms with E-state index >= 15 is 0 Å². The molecule has 5 rings (SSSR count). The number of aromatic nitrogens is 4. The van der Waals surface area contributed by atoms with Crippen LogP contribution >= 0.6 is 0 Å². The van der Waals surface area contributed by atoms with Gasteiger partial charge >= 0.3 is 0 Å². The highest BCUT2D eigenvalue weighted by Gasteiger charge is 2.42. The smallest absolute Gasteiger partial charge is 0.186 e. The van der Waals surface area contributed by atoms with Crippen LogP contribution in [0.2, 0.25) is 0 Å². The van der Waals surface area contributed by atoms with Crippen molar-refractivity contribution in [3.63, 3.8) is 0 Å². The van der Waals surface area contributed by atoms with E-state index in [0.29, 0.717) is 18.4 Å². The Morgan fingerprint density at radius 3 is 2.60 bits per heavy atom. The molecule has 1 saturated carbocycles. The van der Waals surface area contributed by atoms with Crippen LogP contribution in [-0.2, 0) is 17.6 Å². The molecule has 188 valence electrons. The van der Waals surface area contributed by atoms with E-state index in [1.165, 1.54) is 11.1 Å². The van der Waals surface area contributed by atoms with Crippen molar-refractivity contribution in [1.29, 1.82) is 0 Å². The zero-order valence-corrected chi connectivity index (χ0v) is 20.9. The Kier molecular flexibility index (Phi) is 7.27. The third-order valence-electron chi connectivity index (χ3n) is 7.14. The van der Waals surface area contributed by atoms with Crippen molar-refractivity contribution in [2.45, 2.75) is 72.8 Å². The monoisotopic (exact) mass is 477 g/mol. The molecule has 2 fully saturated rings. The third kappa shape index (κ3) is 5.25. The number of carbonyl (C=O) groups is 1. The number of aryl methyl sites for hydroxylation is 2. The molecule has 0 amide bonds. The largest absolute Gasteiger partial charge is 0.361 e. The number of likely N-dealkylation sites (N-methyl/N-ethyl adjacent to an activating group) is 1. The van der Waals surface area contributed by atoms with E-state index in [1.807, 2.05) is 6.07 Å². The van der Waals surface area contributed by atoms with Gasteiger partial charge in [-0.25, -0.2) is 0 Å². The van der Waals surface area contributed by atoms with Gasteiger partial charge in [0.05, 0.1) is 0 Å². The predicted octanol–water partition coefficient (Wildman–Crippen LogP) is 5.18. The number of benzene rings is 1. The zero-order chi connectivity index (χ0) is 24.0. The molecule has 2 aromatic heterocycles. The summed E-state index contributed by atoms with van der Waals surface area (Å²) in [5.74, 6) is 3.30. The molecule has 0 unspecified atom stereocenters. The number of Topliss-reactive ketones (excluding diaryl/α,β-unsaturated/α-hetero) is 1. The zero-order valence-electron chi connectivity index (χ0n) is 20.9. The number of rotatable bonds is 8. The first-order chi connectivity index (χ1) is 16.3. The van der Waals surface area contributed by atoms with Crippen LogP contribution in [0.5, 0.6) is 0 Å². The molecular formula is C28H39N5O2. The Hall–Kier alpha value is -2.80. The second-order valence-electron chi connectivity index (χ2n) is 10.8. The van der Waals surface area contributed by atoms with Gasteiger partial charge in [-0.2, -0.15) is 0 Å². The standard InChI is InChI=1S/C27H35N5O2.CH4/c1-16(2)10-21-13-24(30-34-21)27-29-28-26(32(27)20-8-9-20)23-15-31(5)14-22(23)25(33)12-19-7-6-17(3)11-18(19)4;/h6-7,11,13,16,20,22-23H,8-10,12,14-15H2,1-5H3;1H4/t22-,23-;/m0./s1. The number of likely N-dealkylation sites (tertiary alicyclic amines) is 1. The molecular weight excluding hydrogens is 438 g/mol. The number of hydrogen-bond acceptors (Lipinski definition) is 6. The summed E-state index contributed by atoms with van der Waals surface area (Å²) in [6, 6.07) is 8.72. The van der Waals surface area contributed by atoms with E-state index in [4.69, 9.17) is 4.52 Å². The maximum atomic E-state index is 13.5. The van der Waals surface area contributed by atoms with E-state index in [1.54, 1.807) is 0 Å². The summed E-state index contributed by atoms with van der Waals surface area (Å²) in [7, 11) is 2.09. The Bertz CT molecular complexity index is 1190. The molecule has 2 aliphatic rings. The Labute approximate surface area is 208 Å². The summed E-state index contributed by atoms with van der Waals surface area (Å²) >= 11 is 0. The van der Waals surface area contributed by atoms with Crippen molar-refractivity contribution in [2.24, 2.45) is 11.8 Å². The first-order valence-corrected chi connectivity index (χ1v) is 12.5. The highest BCUT2D eigenvalue weighted by atomic mass is 16.5. The quantitative estimate of drug-likeness (QED) is 0.445. The van der Waals surface area contributed by atoms with Gasteiger partial charge in [-0.3, -0.25) is 4.79 Å². The molecule has 0 radical (unpaired) electrons. The topological polar surface area (TPSA) is 77.1 Å². The van der Waals surface area contributed by atoms with Gasteiger partial charge in [0.25, 0.3) is 0 Å². The second-order valence-corrected chi connectivity index (χ2v) is 10.8. The Morgan fingerprint density at radius 2 is 1.91 bits per heavy atom. The van der Waals surface area contributed by atoms with Gasteiger partial charge in [0.15, 0.2) is 11.5 Å². The third-order valence-corrected chi connectivity index (χ3v) is 7.14. The maximum absolute atomic E-state index is 13.5. The van der Waals surface area contributed by atoms with Gasteiger partial charge in [-0.15, -0.1) is 10.2 Å². The van der Waals surface area contributed by atoms with Gasteiger partial charge in [0.2, 0.25) is 0 Å². The van der Waals surface area contributed by atoms with Crippen molar-refractivity contribution < 1.29 is 9.32 Å².